The molecule has 0 aliphatic heterocycles. The van der Waals surface area contributed by atoms with Crippen molar-refractivity contribution in [3.8, 4) is 6.07 Å². The zero-order valence-electron chi connectivity index (χ0n) is 11.1. The van der Waals surface area contributed by atoms with E-state index in [1.54, 1.807) is 0 Å². The van der Waals surface area contributed by atoms with Crippen LogP contribution in [0.1, 0.15) is 54.9 Å². The fourth-order valence-electron chi connectivity index (χ4n) is 1.65. The lowest BCUT2D eigenvalue weighted by atomic mass is 10.0. The summed E-state index contributed by atoms with van der Waals surface area (Å²) in [6.07, 6.45) is 2.24. The van der Waals surface area contributed by atoms with Crippen LogP contribution < -0.4 is 5.32 Å². The summed E-state index contributed by atoms with van der Waals surface area (Å²) in [5, 5.41) is 11.2. The van der Waals surface area contributed by atoms with Gasteiger partial charge in [0.25, 0.3) is 5.91 Å². The first-order chi connectivity index (χ1) is 8.65. The molecule has 0 unspecified atom stereocenters. The van der Waals surface area contributed by atoms with E-state index in [-0.39, 0.29) is 5.91 Å². The number of nitriles is 1. The molecule has 0 spiro atoms. The zero-order chi connectivity index (χ0) is 13.4. The molecule has 1 aromatic carbocycles. The van der Waals surface area contributed by atoms with Crippen LogP contribution in [0.4, 0.5) is 0 Å². The summed E-state index contributed by atoms with van der Waals surface area (Å²) in [7, 11) is 0. The molecule has 0 radical (unpaired) electrons. The third kappa shape index (κ3) is 4.58. The topological polar surface area (TPSA) is 52.9 Å². The number of nitrogens with zero attached hydrogens (tertiary/aromatic N) is 1. The van der Waals surface area contributed by atoms with Crippen LogP contribution >= 0.6 is 0 Å². The lowest BCUT2D eigenvalue weighted by Crippen LogP contribution is -2.24. The number of hydrogen-bond acceptors (Lipinski definition) is 2. The largest absolute Gasteiger partial charge is 0.352 e. The van der Waals surface area contributed by atoms with Crippen LogP contribution in [0.5, 0.6) is 0 Å². The highest BCUT2D eigenvalue weighted by atomic mass is 16.1. The molecule has 3 nitrogen and oxygen atoms in total. The number of hydrogen-bond donors (Lipinski definition) is 1. The highest BCUT2D eigenvalue weighted by Gasteiger charge is 2.05. The first kappa shape index (κ1) is 14.2. The van der Waals surface area contributed by atoms with Crippen molar-refractivity contribution in [2.24, 2.45) is 0 Å². The van der Waals surface area contributed by atoms with Gasteiger partial charge in [-0.15, -0.1) is 0 Å². The van der Waals surface area contributed by atoms with Crippen LogP contribution in [-0.2, 0) is 0 Å². The smallest absolute Gasteiger partial charge is 0.251 e. The molecule has 96 valence electrons. The Balaban J connectivity index is 2.40. The number of amides is 1. The summed E-state index contributed by atoms with van der Waals surface area (Å²) in [6, 6.07) is 9.80. The zero-order valence-corrected chi connectivity index (χ0v) is 11.1. The second-order valence-electron chi connectivity index (χ2n) is 4.65. The number of carbonyl (C=O) groups is 1. The summed E-state index contributed by atoms with van der Waals surface area (Å²) >= 11 is 0. The lowest BCUT2D eigenvalue weighted by molar-refractivity contribution is 0.0953. The summed E-state index contributed by atoms with van der Waals surface area (Å²) in [6.45, 7) is 4.89. The van der Waals surface area contributed by atoms with Crippen molar-refractivity contribution in [2.45, 2.75) is 39.0 Å². The van der Waals surface area contributed by atoms with Gasteiger partial charge in [-0.3, -0.25) is 4.79 Å². The molecular formula is C15H20N2O. The molecule has 0 aliphatic carbocycles. The minimum atomic E-state index is -0.0396. The van der Waals surface area contributed by atoms with Gasteiger partial charge in [-0.2, -0.15) is 5.26 Å². The Hall–Kier alpha value is -1.82. The average molecular weight is 244 g/mol. The first-order valence-corrected chi connectivity index (χ1v) is 6.40. The number of unbranched alkanes of at least 4 members (excludes halogenated alkanes) is 2. The number of nitrogens with one attached hydrogen (secondary N) is 1. The molecule has 18 heavy (non-hydrogen) atoms. The van der Waals surface area contributed by atoms with E-state index in [1.807, 2.05) is 24.3 Å². The van der Waals surface area contributed by atoms with E-state index in [1.165, 1.54) is 5.56 Å². The Kier molecular flexibility index (Phi) is 5.93. The van der Waals surface area contributed by atoms with Gasteiger partial charge in [-0.25, -0.2) is 0 Å². The van der Waals surface area contributed by atoms with Gasteiger partial charge in [-0.05, 0) is 36.5 Å². The lowest BCUT2D eigenvalue weighted by Gasteiger charge is -2.07. The summed E-state index contributed by atoms with van der Waals surface area (Å²) in [5.74, 6) is 0.440. The van der Waals surface area contributed by atoms with E-state index >= 15 is 0 Å². The van der Waals surface area contributed by atoms with Crippen LogP contribution in [0, 0.1) is 11.3 Å². The number of rotatable bonds is 6. The fraction of sp³-hybridized carbons (Fsp3) is 0.467. The molecule has 3 heteroatoms. The van der Waals surface area contributed by atoms with Crippen molar-refractivity contribution >= 4 is 5.91 Å². The second-order valence-corrected chi connectivity index (χ2v) is 4.65. The number of benzene rings is 1. The molecule has 0 aliphatic rings. The predicted molar refractivity (Wildman–Crippen MR) is 72.3 cm³/mol. The van der Waals surface area contributed by atoms with Crippen molar-refractivity contribution in [1.29, 1.82) is 5.26 Å². The molecular weight excluding hydrogens is 224 g/mol. The average Bonchev–Trinajstić information content (AvgIpc) is 2.38. The van der Waals surface area contributed by atoms with E-state index in [4.69, 9.17) is 5.26 Å². The van der Waals surface area contributed by atoms with Crippen molar-refractivity contribution in [3.63, 3.8) is 0 Å². The highest BCUT2D eigenvalue weighted by Crippen LogP contribution is 2.14. The van der Waals surface area contributed by atoms with Gasteiger partial charge < -0.3 is 5.32 Å². The minimum absolute atomic E-state index is 0.0396. The standard InChI is InChI=1S/C15H20N2O/c1-12(2)13-6-8-14(9-7-13)15(18)17-11-5-3-4-10-16/h6-9,12H,3-5,11H2,1-2H3,(H,17,18). The van der Waals surface area contributed by atoms with E-state index in [0.29, 0.717) is 24.4 Å². The molecule has 1 N–H and O–H groups in total. The summed E-state index contributed by atoms with van der Waals surface area (Å²) in [5.41, 5.74) is 1.93. The second kappa shape index (κ2) is 7.50. The van der Waals surface area contributed by atoms with Gasteiger partial charge in [-0.1, -0.05) is 26.0 Å². The maximum Gasteiger partial charge on any atom is 0.251 e. The maximum atomic E-state index is 11.8. The van der Waals surface area contributed by atoms with Gasteiger partial charge in [0, 0.05) is 18.5 Å². The monoisotopic (exact) mass is 244 g/mol. The third-order valence-corrected chi connectivity index (χ3v) is 2.84. The quantitative estimate of drug-likeness (QED) is 0.781. The Bertz CT molecular complexity index is 415. The minimum Gasteiger partial charge on any atom is -0.352 e. The van der Waals surface area contributed by atoms with Gasteiger partial charge in [0.1, 0.15) is 0 Å². The van der Waals surface area contributed by atoms with Gasteiger partial charge in [0.2, 0.25) is 0 Å². The van der Waals surface area contributed by atoms with E-state index in [2.05, 4.69) is 25.2 Å². The Morgan fingerprint density at radius 1 is 1.28 bits per heavy atom. The Morgan fingerprint density at radius 3 is 2.50 bits per heavy atom. The molecule has 0 saturated heterocycles. The molecule has 1 amide bonds. The third-order valence-electron chi connectivity index (χ3n) is 2.84. The van der Waals surface area contributed by atoms with Crippen LogP contribution in [-0.4, -0.2) is 12.5 Å². The Labute approximate surface area is 109 Å². The Morgan fingerprint density at radius 2 is 1.94 bits per heavy atom. The van der Waals surface area contributed by atoms with Crippen molar-refractivity contribution < 1.29 is 4.79 Å². The molecule has 0 fully saturated rings. The highest BCUT2D eigenvalue weighted by molar-refractivity contribution is 5.94. The normalized spacial score (nSPS) is 10.1. The van der Waals surface area contributed by atoms with Crippen LogP contribution in [0.3, 0.4) is 0 Å². The molecule has 0 heterocycles. The van der Waals surface area contributed by atoms with Crippen molar-refractivity contribution in [2.75, 3.05) is 6.54 Å². The van der Waals surface area contributed by atoms with E-state index in [9.17, 15) is 4.79 Å². The van der Waals surface area contributed by atoms with Crippen molar-refractivity contribution in [1.82, 2.24) is 5.32 Å². The van der Waals surface area contributed by atoms with E-state index in [0.717, 1.165) is 12.8 Å². The fourth-order valence-corrected chi connectivity index (χ4v) is 1.65. The van der Waals surface area contributed by atoms with E-state index < -0.39 is 0 Å². The summed E-state index contributed by atoms with van der Waals surface area (Å²) < 4.78 is 0. The number of carbonyl (C=O) groups excluding carboxylic acids is 1. The van der Waals surface area contributed by atoms with Crippen LogP contribution in [0.15, 0.2) is 24.3 Å². The predicted octanol–water partition coefficient (Wildman–Crippen LogP) is 3.23. The van der Waals surface area contributed by atoms with Crippen LogP contribution in [0.25, 0.3) is 0 Å². The van der Waals surface area contributed by atoms with Gasteiger partial charge in [0.05, 0.1) is 6.07 Å². The molecule has 0 aromatic heterocycles. The maximum absolute atomic E-state index is 11.8. The molecule has 1 aromatic rings. The van der Waals surface area contributed by atoms with Gasteiger partial charge >= 0.3 is 0 Å². The molecule has 0 saturated carbocycles. The van der Waals surface area contributed by atoms with Crippen molar-refractivity contribution in [3.05, 3.63) is 35.4 Å². The van der Waals surface area contributed by atoms with Gasteiger partial charge in [0.15, 0.2) is 0 Å². The SMILES string of the molecule is CC(C)c1ccc(C(=O)NCCCCC#N)cc1. The summed E-state index contributed by atoms with van der Waals surface area (Å²) in [4.78, 5) is 11.8. The first-order valence-electron chi connectivity index (χ1n) is 6.40. The van der Waals surface area contributed by atoms with Crippen LogP contribution in [0.2, 0.25) is 0 Å². The molecule has 0 atom stereocenters. The molecule has 0 bridgehead atoms. The molecule has 1 rings (SSSR count).